The smallest absolute Gasteiger partial charge is 0.267 e. The molecule has 1 atom stereocenters. The monoisotopic (exact) mass is 341 g/mol. The van der Waals surface area contributed by atoms with Gasteiger partial charge in [0.2, 0.25) is 5.91 Å². The Morgan fingerprint density at radius 3 is 2.92 bits per heavy atom. The summed E-state index contributed by atoms with van der Waals surface area (Å²) >= 11 is 0. The Balaban J connectivity index is 1.83. The molecule has 25 heavy (non-hydrogen) atoms. The molecule has 1 aliphatic heterocycles. The highest BCUT2D eigenvalue weighted by molar-refractivity contribution is 5.76. The van der Waals surface area contributed by atoms with Gasteiger partial charge in [-0.25, -0.2) is 4.68 Å². The highest BCUT2D eigenvalue weighted by atomic mass is 16.5. The van der Waals surface area contributed by atoms with Gasteiger partial charge in [-0.2, -0.15) is 5.10 Å². The second kappa shape index (κ2) is 7.51. The molecule has 1 fully saturated rings. The Kier molecular flexibility index (Phi) is 5.16. The molecule has 6 heteroatoms. The molecule has 0 unspecified atom stereocenters. The lowest BCUT2D eigenvalue weighted by atomic mass is 9.95. The third-order valence-corrected chi connectivity index (χ3v) is 4.59. The van der Waals surface area contributed by atoms with Crippen molar-refractivity contribution >= 4 is 5.91 Å². The van der Waals surface area contributed by atoms with Crippen LogP contribution in [0.1, 0.15) is 36.6 Å². The Morgan fingerprint density at radius 2 is 2.12 bits per heavy atom. The lowest BCUT2D eigenvalue weighted by Crippen LogP contribution is -2.42. The van der Waals surface area contributed by atoms with Crippen LogP contribution >= 0.6 is 0 Å². The number of hydrogen-bond acceptors (Lipinski definition) is 4. The summed E-state index contributed by atoms with van der Waals surface area (Å²) in [5.41, 5.74) is 1.53. The van der Waals surface area contributed by atoms with Gasteiger partial charge in [-0.15, -0.1) is 0 Å². The van der Waals surface area contributed by atoms with Gasteiger partial charge in [-0.1, -0.05) is 12.1 Å². The third-order valence-electron chi connectivity index (χ3n) is 4.59. The first kappa shape index (κ1) is 17.2. The van der Waals surface area contributed by atoms with E-state index in [1.54, 1.807) is 20.1 Å². The normalized spacial score (nSPS) is 17.4. The quantitative estimate of drug-likeness (QED) is 0.856. The molecule has 1 saturated heterocycles. The maximum Gasteiger partial charge on any atom is 0.267 e. The molecule has 1 aromatic carbocycles. The molecular weight excluding hydrogens is 318 g/mol. The fraction of sp³-hybridized carbons (Fsp3) is 0.421. The number of benzene rings is 1. The lowest BCUT2D eigenvalue weighted by Gasteiger charge is -2.36. The average molecular weight is 341 g/mol. The molecule has 2 aromatic rings. The summed E-state index contributed by atoms with van der Waals surface area (Å²) < 4.78 is 6.55. The predicted octanol–water partition coefficient (Wildman–Crippen LogP) is 2.31. The first-order valence-electron chi connectivity index (χ1n) is 8.56. The van der Waals surface area contributed by atoms with Crippen molar-refractivity contribution in [3.63, 3.8) is 0 Å². The van der Waals surface area contributed by atoms with Gasteiger partial charge < -0.3 is 9.64 Å². The van der Waals surface area contributed by atoms with Gasteiger partial charge in [0.15, 0.2) is 0 Å². The molecule has 1 amide bonds. The fourth-order valence-corrected chi connectivity index (χ4v) is 3.31. The van der Waals surface area contributed by atoms with Crippen molar-refractivity contribution in [1.29, 1.82) is 0 Å². The van der Waals surface area contributed by atoms with Crippen LogP contribution in [0.25, 0.3) is 0 Å². The number of hydrogen-bond donors (Lipinski definition) is 0. The first-order chi connectivity index (χ1) is 12.1. The molecule has 6 nitrogen and oxygen atoms in total. The molecular formula is C19H23N3O3. The maximum atomic E-state index is 12.9. The largest absolute Gasteiger partial charge is 0.497 e. The molecule has 3 rings (SSSR count). The Hall–Kier alpha value is -2.63. The Morgan fingerprint density at radius 1 is 1.28 bits per heavy atom. The number of aromatic nitrogens is 2. The Bertz CT molecular complexity index is 816. The minimum absolute atomic E-state index is 0.0110. The van der Waals surface area contributed by atoms with E-state index in [9.17, 15) is 9.59 Å². The van der Waals surface area contributed by atoms with E-state index in [0.29, 0.717) is 6.54 Å². The van der Waals surface area contributed by atoms with Gasteiger partial charge in [0.1, 0.15) is 12.3 Å². The van der Waals surface area contributed by atoms with Crippen LogP contribution in [0.2, 0.25) is 0 Å². The van der Waals surface area contributed by atoms with Crippen molar-refractivity contribution in [2.45, 2.75) is 38.8 Å². The van der Waals surface area contributed by atoms with Gasteiger partial charge in [-0.05, 0) is 49.9 Å². The first-order valence-corrected chi connectivity index (χ1v) is 8.56. The van der Waals surface area contributed by atoms with Crippen LogP contribution in [0.4, 0.5) is 0 Å². The van der Waals surface area contributed by atoms with Gasteiger partial charge in [-0.3, -0.25) is 9.59 Å². The van der Waals surface area contributed by atoms with Crippen LogP contribution in [0.15, 0.2) is 41.2 Å². The van der Waals surface area contributed by atoms with E-state index in [2.05, 4.69) is 5.10 Å². The summed E-state index contributed by atoms with van der Waals surface area (Å²) in [4.78, 5) is 26.7. The zero-order valence-electron chi connectivity index (χ0n) is 14.6. The number of carbonyl (C=O) groups is 1. The number of likely N-dealkylation sites (tertiary alicyclic amines) is 1. The van der Waals surface area contributed by atoms with Gasteiger partial charge in [0.25, 0.3) is 5.56 Å². The van der Waals surface area contributed by atoms with E-state index < -0.39 is 0 Å². The SMILES string of the molecule is COc1cccc([C@H]2CCCCN2C(=O)Cn2nc(C)ccc2=O)c1. The molecule has 0 saturated carbocycles. The topological polar surface area (TPSA) is 64.4 Å². The number of methoxy groups -OCH3 is 1. The summed E-state index contributed by atoms with van der Waals surface area (Å²) in [5.74, 6) is 0.708. The van der Waals surface area contributed by atoms with Crippen molar-refractivity contribution in [2.24, 2.45) is 0 Å². The molecule has 0 N–H and O–H groups in total. The summed E-state index contributed by atoms with van der Waals surface area (Å²) in [6.07, 6.45) is 2.96. The van der Waals surface area contributed by atoms with Crippen LogP contribution in [-0.2, 0) is 11.3 Å². The lowest BCUT2D eigenvalue weighted by molar-refractivity contribution is -0.136. The van der Waals surface area contributed by atoms with Gasteiger partial charge in [0, 0.05) is 12.6 Å². The summed E-state index contributed by atoms with van der Waals surface area (Å²) in [6.45, 7) is 2.47. The number of amides is 1. The minimum atomic E-state index is -0.256. The molecule has 0 radical (unpaired) electrons. The molecule has 0 aliphatic carbocycles. The van der Waals surface area contributed by atoms with E-state index in [1.165, 1.54) is 10.7 Å². The fourth-order valence-electron chi connectivity index (χ4n) is 3.31. The van der Waals surface area contributed by atoms with Crippen molar-refractivity contribution in [1.82, 2.24) is 14.7 Å². The van der Waals surface area contributed by atoms with Crippen LogP contribution in [0.3, 0.4) is 0 Å². The molecule has 1 aliphatic rings. The zero-order valence-corrected chi connectivity index (χ0v) is 14.6. The number of aryl methyl sites for hydroxylation is 1. The number of ether oxygens (including phenoxy) is 1. The van der Waals surface area contributed by atoms with Crippen molar-refractivity contribution < 1.29 is 9.53 Å². The van der Waals surface area contributed by atoms with Crippen molar-refractivity contribution in [2.75, 3.05) is 13.7 Å². The van der Waals surface area contributed by atoms with Crippen LogP contribution < -0.4 is 10.3 Å². The predicted molar refractivity (Wildman–Crippen MR) is 94.5 cm³/mol. The number of carbonyl (C=O) groups excluding carboxylic acids is 1. The summed E-state index contributed by atoms with van der Waals surface area (Å²) in [7, 11) is 1.64. The molecule has 0 bridgehead atoms. The average Bonchev–Trinajstić information content (AvgIpc) is 2.64. The second-order valence-corrected chi connectivity index (χ2v) is 6.35. The van der Waals surface area contributed by atoms with E-state index in [0.717, 1.165) is 36.3 Å². The van der Waals surface area contributed by atoms with Crippen molar-refractivity contribution in [3.8, 4) is 5.75 Å². The van der Waals surface area contributed by atoms with Gasteiger partial charge >= 0.3 is 0 Å². The van der Waals surface area contributed by atoms with Crippen LogP contribution in [0.5, 0.6) is 5.75 Å². The molecule has 0 spiro atoms. The van der Waals surface area contributed by atoms with Crippen molar-refractivity contribution in [3.05, 3.63) is 58.0 Å². The molecule has 1 aromatic heterocycles. The van der Waals surface area contributed by atoms with E-state index >= 15 is 0 Å². The molecule has 2 heterocycles. The van der Waals surface area contributed by atoms with E-state index in [4.69, 9.17) is 4.74 Å². The third kappa shape index (κ3) is 3.90. The Labute approximate surface area is 147 Å². The number of nitrogens with zero attached hydrogens (tertiary/aromatic N) is 3. The standard InChI is InChI=1S/C19H23N3O3/c1-14-9-10-18(23)22(20-14)13-19(24)21-11-4-3-8-17(21)15-6-5-7-16(12-15)25-2/h5-7,9-10,12,17H,3-4,8,11,13H2,1-2H3/t17-/m1/s1. The summed E-state index contributed by atoms with van der Waals surface area (Å²) in [6, 6.07) is 11.0. The molecule has 132 valence electrons. The maximum absolute atomic E-state index is 12.9. The summed E-state index contributed by atoms with van der Waals surface area (Å²) in [5, 5.41) is 4.17. The van der Waals surface area contributed by atoms with E-state index in [1.807, 2.05) is 29.2 Å². The minimum Gasteiger partial charge on any atom is -0.497 e. The van der Waals surface area contributed by atoms with E-state index in [-0.39, 0.29) is 24.1 Å². The second-order valence-electron chi connectivity index (χ2n) is 6.35. The van der Waals surface area contributed by atoms with Crippen LogP contribution in [0, 0.1) is 6.92 Å². The highest BCUT2D eigenvalue weighted by Gasteiger charge is 2.28. The number of rotatable bonds is 4. The number of piperidine rings is 1. The highest BCUT2D eigenvalue weighted by Crippen LogP contribution is 2.32. The van der Waals surface area contributed by atoms with Crippen LogP contribution in [-0.4, -0.2) is 34.2 Å². The van der Waals surface area contributed by atoms with Gasteiger partial charge in [0.05, 0.1) is 18.8 Å². The zero-order chi connectivity index (χ0) is 17.8.